The van der Waals surface area contributed by atoms with Crippen LogP contribution in [0.1, 0.15) is 16.6 Å². The molecule has 0 aliphatic carbocycles. The molecule has 1 aromatic heterocycles. The van der Waals surface area contributed by atoms with E-state index in [2.05, 4.69) is 15.9 Å². The molecular formula is C10H12BrNOS. The molecule has 0 atom stereocenters. The molecule has 0 saturated heterocycles. The highest BCUT2D eigenvalue weighted by atomic mass is 79.9. The molecule has 0 bridgehead atoms. The minimum Gasteiger partial charge on any atom is -0.383 e. The minimum atomic E-state index is 0.0920. The van der Waals surface area contributed by atoms with Crippen LogP contribution in [0.15, 0.2) is 27.7 Å². The van der Waals surface area contributed by atoms with Crippen molar-refractivity contribution in [3.8, 4) is 0 Å². The fourth-order valence-corrected chi connectivity index (χ4v) is 2.47. The highest BCUT2D eigenvalue weighted by Gasteiger charge is 2.10. The number of thiophene rings is 1. The van der Waals surface area contributed by atoms with Crippen molar-refractivity contribution in [3.63, 3.8) is 0 Å². The number of hydrogen-bond donors (Lipinski definition) is 0. The third kappa shape index (κ3) is 2.96. The third-order valence-corrected chi connectivity index (χ3v) is 3.23. The predicted octanol–water partition coefficient (Wildman–Crippen LogP) is 3.16. The lowest BCUT2D eigenvalue weighted by atomic mass is 10.2. The number of ketones is 1. The summed E-state index contributed by atoms with van der Waals surface area (Å²) in [5.74, 6) is 0.0920. The Morgan fingerprint density at radius 3 is 2.57 bits per heavy atom. The second-order valence-electron chi connectivity index (χ2n) is 3.21. The maximum Gasteiger partial charge on any atom is 0.200 e. The van der Waals surface area contributed by atoms with Gasteiger partial charge < -0.3 is 4.90 Å². The molecule has 0 radical (unpaired) electrons. The topological polar surface area (TPSA) is 20.3 Å². The van der Waals surface area contributed by atoms with Gasteiger partial charge in [0.15, 0.2) is 5.78 Å². The SMILES string of the molecule is CC(=CN(C)C)C(=O)c1ccc(Br)s1. The molecule has 4 heteroatoms. The van der Waals surface area contributed by atoms with Gasteiger partial charge in [0.2, 0.25) is 0 Å². The Bertz CT molecular complexity index is 368. The van der Waals surface area contributed by atoms with Crippen LogP contribution < -0.4 is 0 Å². The summed E-state index contributed by atoms with van der Waals surface area (Å²) >= 11 is 4.80. The normalized spacial score (nSPS) is 11.6. The number of rotatable bonds is 3. The molecule has 0 aromatic carbocycles. The Hall–Kier alpha value is -0.610. The largest absolute Gasteiger partial charge is 0.383 e. The van der Waals surface area contributed by atoms with Crippen molar-refractivity contribution in [2.45, 2.75) is 6.92 Å². The Morgan fingerprint density at radius 2 is 2.14 bits per heavy atom. The Morgan fingerprint density at radius 1 is 1.50 bits per heavy atom. The van der Waals surface area contributed by atoms with Gasteiger partial charge in [0.1, 0.15) is 0 Å². The molecule has 0 aliphatic heterocycles. The molecule has 1 rings (SSSR count). The summed E-state index contributed by atoms with van der Waals surface area (Å²) in [6.45, 7) is 1.83. The van der Waals surface area contributed by atoms with E-state index in [1.165, 1.54) is 11.3 Å². The third-order valence-electron chi connectivity index (χ3n) is 1.61. The van der Waals surface area contributed by atoms with Crippen LogP contribution >= 0.6 is 27.3 Å². The Balaban J connectivity index is 2.86. The summed E-state index contributed by atoms with van der Waals surface area (Å²) in [5, 5.41) is 0. The maximum absolute atomic E-state index is 11.8. The summed E-state index contributed by atoms with van der Waals surface area (Å²) in [7, 11) is 3.81. The molecule has 1 heterocycles. The predicted molar refractivity (Wildman–Crippen MR) is 63.8 cm³/mol. The number of nitrogens with zero attached hydrogens (tertiary/aromatic N) is 1. The molecule has 0 aliphatic rings. The van der Waals surface area contributed by atoms with E-state index in [4.69, 9.17) is 0 Å². The van der Waals surface area contributed by atoms with E-state index in [9.17, 15) is 4.79 Å². The first kappa shape index (κ1) is 11.5. The van der Waals surface area contributed by atoms with E-state index in [1.54, 1.807) is 0 Å². The van der Waals surface area contributed by atoms with Crippen LogP contribution in [0, 0.1) is 0 Å². The van der Waals surface area contributed by atoms with Gasteiger partial charge in [0.05, 0.1) is 8.66 Å². The van der Waals surface area contributed by atoms with E-state index in [-0.39, 0.29) is 5.78 Å². The van der Waals surface area contributed by atoms with E-state index in [0.29, 0.717) is 0 Å². The van der Waals surface area contributed by atoms with E-state index < -0.39 is 0 Å². The minimum absolute atomic E-state index is 0.0920. The molecule has 0 fully saturated rings. The van der Waals surface area contributed by atoms with Gasteiger partial charge in [-0.25, -0.2) is 0 Å². The van der Waals surface area contributed by atoms with Gasteiger partial charge in [-0.05, 0) is 35.0 Å². The van der Waals surface area contributed by atoms with Gasteiger partial charge in [-0.2, -0.15) is 0 Å². The van der Waals surface area contributed by atoms with Crippen LogP contribution in [0.5, 0.6) is 0 Å². The van der Waals surface area contributed by atoms with Crippen LogP contribution in [0.3, 0.4) is 0 Å². The quantitative estimate of drug-likeness (QED) is 0.623. The average Bonchev–Trinajstić information content (AvgIpc) is 2.49. The van der Waals surface area contributed by atoms with Crippen molar-refractivity contribution in [2.24, 2.45) is 0 Å². The molecule has 0 amide bonds. The van der Waals surface area contributed by atoms with Crippen molar-refractivity contribution in [3.05, 3.63) is 32.6 Å². The molecular weight excluding hydrogens is 262 g/mol. The molecule has 1 aromatic rings. The first-order valence-electron chi connectivity index (χ1n) is 4.15. The van der Waals surface area contributed by atoms with E-state index in [1.807, 2.05) is 44.3 Å². The highest BCUT2D eigenvalue weighted by Crippen LogP contribution is 2.24. The van der Waals surface area contributed by atoms with E-state index >= 15 is 0 Å². The second-order valence-corrected chi connectivity index (χ2v) is 5.67. The first-order chi connectivity index (χ1) is 6.50. The zero-order chi connectivity index (χ0) is 10.7. The first-order valence-corrected chi connectivity index (χ1v) is 5.76. The highest BCUT2D eigenvalue weighted by molar-refractivity contribution is 9.11. The Kier molecular flexibility index (Phi) is 3.89. The zero-order valence-electron chi connectivity index (χ0n) is 8.37. The van der Waals surface area contributed by atoms with Crippen LogP contribution in [0.2, 0.25) is 0 Å². The van der Waals surface area contributed by atoms with Gasteiger partial charge in [-0.15, -0.1) is 11.3 Å². The molecule has 0 unspecified atom stereocenters. The smallest absolute Gasteiger partial charge is 0.200 e. The van der Waals surface area contributed by atoms with Crippen LogP contribution in [0.25, 0.3) is 0 Å². The van der Waals surface area contributed by atoms with Crippen LogP contribution in [0.4, 0.5) is 0 Å². The van der Waals surface area contributed by atoms with Crippen molar-refractivity contribution >= 4 is 33.0 Å². The van der Waals surface area contributed by atoms with Crippen molar-refractivity contribution in [1.82, 2.24) is 4.90 Å². The number of allylic oxidation sites excluding steroid dienone is 1. The van der Waals surface area contributed by atoms with Gasteiger partial charge in [0, 0.05) is 25.9 Å². The van der Waals surface area contributed by atoms with Gasteiger partial charge in [-0.3, -0.25) is 4.79 Å². The summed E-state index contributed by atoms with van der Waals surface area (Å²) in [6.07, 6.45) is 1.83. The number of carbonyl (C=O) groups excluding carboxylic acids is 1. The number of hydrogen-bond acceptors (Lipinski definition) is 3. The van der Waals surface area contributed by atoms with Gasteiger partial charge in [-0.1, -0.05) is 0 Å². The molecule has 14 heavy (non-hydrogen) atoms. The standard InChI is InChI=1S/C10H12BrNOS/c1-7(6-12(2)3)10(13)8-4-5-9(11)14-8/h4-6H,1-3H3. The molecule has 2 nitrogen and oxygen atoms in total. The maximum atomic E-state index is 11.8. The molecule has 76 valence electrons. The lowest BCUT2D eigenvalue weighted by Gasteiger charge is -2.06. The molecule has 0 N–H and O–H groups in total. The molecule has 0 spiro atoms. The lowest BCUT2D eigenvalue weighted by Crippen LogP contribution is -2.06. The summed E-state index contributed by atoms with van der Waals surface area (Å²) < 4.78 is 0.985. The fourth-order valence-electron chi connectivity index (χ4n) is 1.08. The number of Topliss-reactive ketones (excluding diaryl/α,β-unsaturated/α-hetero) is 1. The zero-order valence-corrected chi connectivity index (χ0v) is 10.8. The van der Waals surface area contributed by atoms with Crippen molar-refractivity contribution < 1.29 is 4.79 Å². The van der Waals surface area contributed by atoms with Gasteiger partial charge in [0.25, 0.3) is 0 Å². The van der Waals surface area contributed by atoms with Crippen LogP contribution in [-0.2, 0) is 0 Å². The number of halogens is 1. The number of carbonyl (C=O) groups is 1. The average molecular weight is 274 g/mol. The fraction of sp³-hybridized carbons (Fsp3) is 0.300. The van der Waals surface area contributed by atoms with Crippen molar-refractivity contribution in [2.75, 3.05) is 14.1 Å². The monoisotopic (exact) mass is 273 g/mol. The van der Waals surface area contributed by atoms with Gasteiger partial charge >= 0.3 is 0 Å². The summed E-state index contributed by atoms with van der Waals surface area (Å²) in [5.41, 5.74) is 0.754. The second kappa shape index (κ2) is 4.75. The van der Waals surface area contributed by atoms with Crippen molar-refractivity contribution in [1.29, 1.82) is 0 Å². The molecule has 0 saturated carbocycles. The van der Waals surface area contributed by atoms with Crippen LogP contribution in [-0.4, -0.2) is 24.8 Å². The summed E-state index contributed by atoms with van der Waals surface area (Å²) in [4.78, 5) is 14.4. The lowest BCUT2D eigenvalue weighted by molar-refractivity contribution is 0.103. The van der Waals surface area contributed by atoms with E-state index in [0.717, 1.165) is 14.2 Å². The summed E-state index contributed by atoms with van der Waals surface area (Å²) in [6, 6.07) is 3.73. The Labute approximate surface area is 96.4 Å².